The Kier molecular flexibility index (Phi) is 4.64. The van der Waals surface area contributed by atoms with Crippen molar-refractivity contribution in [3.05, 3.63) is 0 Å². The lowest BCUT2D eigenvalue weighted by Crippen LogP contribution is -2.44. The van der Waals surface area contributed by atoms with Crippen molar-refractivity contribution in [1.82, 2.24) is 14.7 Å². The number of likely N-dealkylation sites (tertiary alicyclic amines) is 3. The van der Waals surface area contributed by atoms with Crippen molar-refractivity contribution in [2.75, 3.05) is 46.8 Å². The van der Waals surface area contributed by atoms with E-state index in [-0.39, 0.29) is 5.92 Å². The first kappa shape index (κ1) is 15.4. The number of rotatable bonds is 3. The van der Waals surface area contributed by atoms with E-state index < -0.39 is 0 Å². The Hall–Kier alpha value is -0.490. The number of hydrogen-bond donors (Lipinski definition) is 1. The van der Waals surface area contributed by atoms with Crippen molar-refractivity contribution in [3.8, 4) is 0 Å². The molecule has 0 spiro atoms. The van der Waals surface area contributed by atoms with Gasteiger partial charge in [0.25, 0.3) is 0 Å². The fraction of sp³-hybridized carbons (Fsp3) is 0.938. The van der Waals surface area contributed by atoms with Crippen LogP contribution in [-0.2, 0) is 4.79 Å². The van der Waals surface area contributed by atoms with Gasteiger partial charge in [-0.05, 0) is 39.9 Å². The molecule has 21 heavy (non-hydrogen) atoms. The molecule has 0 amide bonds. The minimum atomic E-state index is 0.232. The molecular formula is C16H30N4O. The van der Waals surface area contributed by atoms with Crippen LogP contribution in [0.5, 0.6) is 0 Å². The molecule has 4 unspecified atom stereocenters. The smallest absolute Gasteiger partial charge is 0.152 e. The van der Waals surface area contributed by atoms with Gasteiger partial charge in [-0.3, -0.25) is 9.69 Å². The standard InChI is InChI=1S/C16H30N4O/c1-18-6-4-3-5-15(18)14-10-20(11-16(14)21)9-13-7-12(17)8-19(13)2/h12-15H,3-11,17H2,1-2H3. The maximum Gasteiger partial charge on any atom is 0.152 e. The zero-order chi connectivity index (χ0) is 15.0. The Bertz CT molecular complexity index is 388. The Morgan fingerprint density at radius 2 is 2.00 bits per heavy atom. The van der Waals surface area contributed by atoms with Crippen molar-refractivity contribution in [2.45, 2.75) is 43.8 Å². The van der Waals surface area contributed by atoms with E-state index in [9.17, 15) is 4.79 Å². The van der Waals surface area contributed by atoms with Crippen LogP contribution in [0, 0.1) is 5.92 Å². The first-order chi connectivity index (χ1) is 10.0. The minimum absolute atomic E-state index is 0.232. The van der Waals surface area contributed by atoms with Crippen LogP contribution in [0.1, 0.15) is 25.7 Å². The van der Waals surface area contributed by atoms with Crippen molar-refractivity contribution in [1.29, 1.82) is 0 Å². The molecule has 3 rings (SSSR count). The van der Waals surface area contributed by atoms with Crippen LogP contribution in [0.15, 0.2) is 0 Å². The highest BCUT2D eigenvalue weighted by atomic mass is 16.1. The van der Waals surface area contributed by atoms with Crippen LogP contribution in [0.4, 0.5) is 0 Å². The molecule has 0 aromatic heterocycles. The van der Waals surface area contributed by atoms with Crippen molar-refractivity contribution in [2.24, 2.45) is 11.7 Å². The molecule has 0 aliphatic carbocycles. The summed E-state index contributed by atoms with van der Waals surface area (Å²) in [5.41, 5.74) is 6.05. The van der Waals surface area contributed by atoms with Gasteiger partial charge in [-0.1, -0.05) is 6.42 Å². The summed E-state index contributed by atoms with van der Waals surface area (Å²) in [4.78, 5) is 19.6. The molecule has 0 saturated carbocycles. The fourth-order valence-electron chi connectivity index (χ4n) is 4.50. The molecule has 0 radical (unpaired) electrons. The molecule has 0 aromatic carbocycles. The number of Topliss-reactive ketones (excluding diaryl/α,β-unsaturated/α-hetero) is 1. The van der Waals surface area contributed by atoms with Crippen molar-refractivity contribution < 1.29 is 4.79 Å². The van der Waals surface area contributed by atoms with E-state index in [4.69, 9.17) is 5.73 Å². The van der Waals surface area contributed by atoms with Crippen LogP contribution in [0.3, 0.4) is 0 Å². The first-order valence-corrected chi connectivity index (χ1v) is 8.45. The predicted molar refractivity (Wildman–Crippen MR) is 84.2 cm³/mol. The summed E-state index contributed by atoms with van der Waals surface area (Å²) in [7, 11) is 4.34. The molecule has 0 bridgehead atoms. The Morgan fingerprint density at radius 3 is 2.67 bits per heavy atom. The van der Waals surface area contributed by atoms with E-state index in [1.165, 1.54) is 19.3 Å². The van der Waals surface area contributed by atoms with Crippen LogP contribution in [0.25, 0.3) is 0 Å². The summed E-state index contributed by atoms with van der Waals surface area (Å²) in [6, 6.07) is 1.30. The van der Waals surface area contributed by atoms with E-state index >= 15 is 0 Å². The van der Waals surface area contributed by atoms with Crippen LogP contribution in [-0.4, -0.2) is 85.4 Å². The Morgan fingerprint density at radius 1 is 1.19 bits per heavy atom. The molecule has 0 aromatic rings. The fourth-order valence-corrected chi connectivity index (χ4v) is 4.50. The lowest BCUT2D eigenvalue weighted by molar-refractivity contribution is -0.121. The monoisotopic (exact) mass is 294 g/mol. The van der Waals surface area contributed by atoms with Gasteiger partial charge < -0.3 is 15.5 Å². The number of carbonyl (C=O) groups excluding carboxylic acids is 1. The van der Waals surface area contributed by atoms with Gasteiger partial charge in [0.15, 0.2) is 5.78 Å². The second-order valence-electron chi connectivity index (χ2n) is 7.40. The topological polar surface area (TPSA) is 52.8 Å². The minimum Gasteiger partial charge on any atom is -0.326 e. The van der Waals surface area contributed by atoms with Gasteiger partial charge in [0.1, 0.15) is 0 Å². The molecule has 120 valence electrons. The summed E-state index contributed by atoms with van der Waals surface area (Å²) < 4.78 is 0. The molecule has 3 aliphatic rings. The van der Waals surface area contributed by atoms with Crippen molar-refractivity contribution >= 4 is 5.78 Å². The van der Waals surface area contributed by atoms with Gasteiger partial charge in [-0.25, -0.2) is 0 Å². The Balaban J connectivity index is 1.57. The number of hydrogen-bond acceptors (Lipinski definition) is 5. The zero-order valence-corrected chi connectivity index (χ0v) is 13.5. The third-order valence-corrected chi connectivity index (χ3v) is 5.73. The molecule has 5 heteroatoms. The lowest BCUT2D eigenvalue weighted by Gasteiger charge is -2.36. The van der Waals surface area contributed by atoms with Gasteiger partial charge in [-0.15, -0.1) is 0 Å². The average molecular weight is 294 g/mol. The number of nitrogens with zero attached hydrogens (tertiary/aromatic N) is 3. The third-order valence-electron chi connectivity index (χ3n) is 5.73. The highest BCUT2D eigenvalue weighted by molar-refractivity contribution is 5.85. The summed E-state index contributed by atoms with van der Waals surface area (Å²) in [5.74, 6) is 0.689. The van der Waals surface area contributed by atoms with Crippen LogP contribution < -0.4 is 5.73 Å². The molecule has 2 N–H and O–H groups in total. The van der Waals surface area contributed by atoms with E-state index in [1.807, 2.05) is 0 Å². The first-order valence-electron chi connectivity index (χ1n) is 8.45. The van der Waals surface area contributed by atoms with E-state index in [1.54, 1.807) is 0 Å². The predicted octanol–water partition coefficient (Wildman–Crippen LogP) is 0.00300. The van der Waals surface area contributed by atoms with E-state index in [2.05, 4.69) is 28.8 Å². The molecule has 5 nitrogen and oxygen atoms in total. The summed E-state index contributed by atoms with van der Waals surface area (Å²) >= 11 is 0. The van der Waals surface area contributed by atoms with Crippen molar-refractivity contribution in [3.63, 3.8) is 0 Å². The second-order valence-corrected chi connectivity index (χ2v) is 7.40. The second kappa shape index (κ2) is 6.32. The highest BCUT2D eigenvalue weighted by Gasteiger charge is 2.40. The average Bonchev–Trinajstić information content (AvgIpc) is 2.93. The van der Waals surface area contributed by atoms with Gasteiger partial charge in [0.2, 0.25) is 0 Å². The van der Waals surface area contributed by atoms with Gasteiger partial charge >= 0.3 is 0 Å². The number of piperidine rings is 1. The number of ketones is 1. The SMILES string of the molecule is CN1CC(N)CC1CN1CC(=O)C(C2CCCCN2C)C1. The lowest BCUT2D eigenvalue weighted by atomic mass is 9.89. The maximum absolute atomic E-state index is 12.4. The molecule has 3 aliphatic heterocycles. The van der Waals surface area contributed by atoms with Gasteiger partial charge in [-0.2, -0.15) is 0 Å². The largest absolute Gasteiger partial charge is 0.326 e. The quantitative estimate of drug-likeness (QED) is 0.794. The number of carbonyl (C=O) groups is 1. The third kappa shape index (κ3) is 3.31. The Labute approximate surface area is 128 Å². The van der Waals surface area contributed by atoms with E-state index in [0.717, 1.165) is 32.6 Å². The van der Waals surface area contributed by atoms with Gasteiger partial charge in [0.05, 0.1) is 6.54 Å². The maximum atomic E-state index is 12.4. The summed E-state index contributed by atoms with van der Waals surface area (Å²) in [5, 5.41) is 0. The molecule has 4 atom stereocenters. The summed E-state index contributed by atoms with van der Waals surface area (Å²) in [6.45, 7) is 4.74. The molecular weight excluding hydrogens is 264 g/mol. The molecule has 3 fully saturated rings. The van der Waals surface area contributed by atoms with E-state index in [0.29, 0.717) is 30.5 Å². The number of nitrogens with two attached hydrogens (primary N) is 1. The summed E-state index contributed by atoms with van der Waals surface area (Å²) in [6.07, 6.45) is 4.81. The van der Waals surface area contributed by atoms with Crippen LogP contribution >= 0.6 is 0 Å². The normalized spacial score (nSPS) is 40.2. The van der Waals surface area contributed by atoms with Crippen LogP contribution in [0.2, 0.25) is 0 Å². The zero-order valence-electron chi connectivity index (χ0n) is 13.5. The number of likely N-dealkylation sites (N-methyl/N-ethyl adjacent to an activating group) is 1. The molecule has 3 heterocycles. The highest BCUT2D eigenvalue weighted by Crippen LogP contribution is 2.28. The van der Waals surface area contributed by atoms with Gasteiger partial charge in [0, 0.05) is 43.7 Å². The molecule has 3 saturated heterocycles.